The van der Waals surface area contributed by atoms with E-state index in [1.54, 1.807) is 0 Å². The van der Waals surface area contributed by atoms with Crippen LogP contribution in [0.1, 0.15) is 96.3 Å². The predicted molar refractivity (Wildman–Crippen MR) is 231 cm³/mol. The van der Waals surface area contributed by atoms with Gasteiger partial charge >= 0.3 is 0 Å². The highest BCUT2D eigenvalue weighted by atomic mass is 16.2. The summed E-state index contributed by atoms with van der Waals surface area (Å²) in [6.45, 7) is 13.1. The number of imide groups is 1. The van der Waals surface area contributed by atoms with Crippen LogP contribution in [0.25, 0.3) is 38.3 Å². The van der Waals surface area contributed by atoms with Gasteiger partial charge in [0.2, 0.25) is 0 Å². The zero-order valence-corrected chi connectivity index (χ0v) is 32.6. The molecule has 5 nitrogen and oxygen atoms in total. The van der Waals surface area contributed by atoms with Gasteiger partial charge in [0.1, 0.15) is 0 Å². The van der Waals surface area contributed by atoms with Crippen molar-refractivity contribution in [2.24, 2.45) is 0 Å². The summed E-state index contributed by atoms with van der Waals surface area (Å²) in [5.74, 6) is -0.402. The molecule has 8 aromatic rings. The second kappa shape index (κ2) is 12.3. The molecule has 0 unspecified atom stereocenters. The molecular weight excluding hydrogens is 687 g/mol. The molecule has 274 valence electrons. The number of rotatable bonds is 5. The second-order valence-corrected chi connectivity index (χ2v) is 16.5. The fraction of sp³-hybridized carbons (Fsp3) is 0.176. The van der Waals surface area contributed by atoms with Crippen molar-refractivity contribution in [1.82, 2.24) is 4.57 Å². The third kappa shape index (κ3) is 4.67. The fourth-order valence-electron chi connectivity index (χ4n) is 9.56. The van der Waals surface area contributed by atoms with Crippen molar-refractivity contribution < 1.29 is 9.59 Å². The number of anilines is 4. The fourth-order valence-corrected chi connectivity index (χ4v) is 9.56. The molecule has 2 amide bonds. The van der Waals surface area contributed by atoms with Crippen LogP contribution in [0, 0.1) is 0 Å². The molecule has 0 saturated carbocycles. The SMILES string of the molecule is CC(C)c1cccc(C(C)C)c1N1C(=O)c2ccc(-n3c4ccccc4c4ccccc43)c3cc(N4c5ccccc5C(C)(C)c5ccccc54)cc(c23)C1=O. The van der Waals surface area contributed by atoms with Crippen LogP contribution in [0.3, 0.4) is 0 Å². The van der Waals surface area contributed by atoms with E-state index >= 15 is 9.59 Å². The smallest absolute Gasteiger partial charge is 0.266 e. The molecule has 5 heteroatoms. The number of fused-ring (bicyclic) bond motifs is 5. The Hall–Kier alpha value is -6.46. The number of benzene rings is 7. The third-order valence-corrected chi connectivity index (χ3v) is 12.2. The summed E-state index contributed by atoms with van der Waals surface area (Å²) >= 11 is 0. The van der Waals surface area contributed by atoms with Gasteiger partial charge in [-0.25, -0.2) is 4.90 Å². The van der Waals surface area contributed by atoms with Crippen LogP contribution in [0.2, 0.25) is 0 Å². The molecule has 0 saturated heterocycles. The maximum atomic E-state index is 15.5. The average Bonchev–Trinajstić information content (AvgIpc) is 3.54. The van der Waals surface area contributed by atoms with E-state index in [2.05, 4.69) is 172 Å². The Balaban J connectivity index is 1.33. The van der Waals surface area contributed by atoms with E-state index in [1.807, 2.05) is 18.2 Å². The van der Waals surface area contributed by atoms with E-state index in [0.717, 1.165) is 61.1 Å². The summed E-state index contributed by atoms with van der Waals surface area (Å²) in [5, 5.41) is 3.83. The number of hydrogen-bond donors (Lipinski definition) is 0. The van der Waals surface area contributed by atoms with Gasteiger partial charge in [-0.2, -0.15) is 0 Å². The topological polar surface area (TPSA) is 45.6 Å². The van der Waals surface area contributed by atoms with Crippen molar-refractivity contribution in [3.05, 3.63) is 173 Å². The Kier molecular flexibility index (Phi) is 7.47. The van der Waals surface area contributed by atoms with Gasteiger partial charge in [0.05, 0.1) is 39.3 Å². The number of aromatic nitrogens is 1. The van der Waals surface area contributed by atoms with Crippen LogP contribution in [0.15, 0.2) is 140 Å². The summed E-state index contributed by atoms with van der Waals surface area (Å²) in [7, 11) is 0. The molecule has 0 aliphatic carbocycles. The minimum Gasteiger partial charge on any atom is -0.310 e. The highest BCUT2D eigenvalue weighted by Crippen LogP contribution is 2.53. The van der Waals surface area contributed by atoms with Crippen molar-refractivity contribution in [2.45, 2.75) is 58.8 Å². The highest BCUT2D eigenvalue weighted by Gasteiger charge is 2.40. The van der Waals surface area contributed by atoms with Crippen molar-refractivity contribution in [3.8, 4) is 5.69 Å². The van der Waals surface area contributed by atoms with Crippen LogP contribution >= 0.6 is 0 Å². The lowest BCUT2D eigenvalue weighted by Crippen LogP contribution is -2.42. The zero-order chi connectivity index (χ0) is 38.6. The van der Waals surface area contributed by atoms with E-state index in [4.69, 9.17) is 0 Å². The summed E-state index contributed by atoms with van der Waals surface area (Å²) in [6.07, 6.45) is 0. The molecule has 56 heavy (non-hydrogen) atoms. The molecule has 0 spiro atoms. The van der Waals surface area contributed by atoms with E-state index in [1.165, 1.54) is 16.0 Å². The van der Waals surface area contributed by atoms with Crippen LogP contribution in [0.4, 0.5) is 22.7 Å². The van der Waals surface area contributed by atoms with E-state index < -0.39 is 0 Å². The number of amides is 2. The van der Waals surface area contributed by atoms with E-state index in [-0.39, 0.29) is 29.1 Å². The third-order valence-electron chi connectivity index (χ3n) is 12.2. The molecule has 0 fully saturated rings. The van der Waals surface area contributed by atoms with Gasteiger partial charge < -0.3 is 9.47 Å². The molecule has 2 aliphatic rings. The summed E-state index contributed by atoms with van der Waals surface area (Å²) in [5.41, 5.74) is 11.9. The lowest BCUT2D eigenvalue weighted by atomic mass is 9.73. The Bertz CT molecular complexity index is 2840. The first kappa shape index (κ1) is 34.1. The first-order chi connectivity index (χ1) is 27.1. The lowest BCUT2D eigenvalue weighted by Gasteiger charge is -2.42. The Morgan fingerprint density at radius 3 is 1.57 bits per heavy atom. The molecule has 10 rings (SSSR count). The Morgan fingerprint density at radius 2 is 1.00 bits per heavy atom. The number of carbonyl (C=O) groups excluding carboxylic acids is 2. The van der Waals surface area contributed by atoms with Gasteiger partial charge in [-0.1, -0.05) is 133 Å². The predicted octanol–water partition coefficient (Wildman–Crippen LogP) is 13.1. The Labute approximate surface area is 327 Å². The summed E-state index contributed by atoms with van der Waals surface area (Å²) in [6, 6.07) is 48.5. The van der Waals surface area contributed by atoms with Gasteiger partial charge in [0.25, 0.3) is 11.8 Å². The van der Waals surface area contributed by atoms with Gasteiger partial charge in [0, 0.05) is 38.2 Å². The van der Waals surface area contributed by atoms with E-state index in [0.29, 0.717) is 22.2 Å². The largest absolute Gasteiger partial charge is 0.310 e. The molecule has 0 bridgehead atoms. The van der Waals surface area contributed by atoms with Crippen LogP contribution < -0.4 is 9.80 Å². The number of carbonyl (C=O) groups is 2. The number of hydrogen-bond acceptors (Lipinski definition) is 3. The highest BCUT2D eigenvalue weighted by molar-refractivity contribution is 6.37. The second-order valence-electron chi connectivity index (χ2n) is 16.5. The van der Waals surface area contributed by atoms with Crippen LogP contribution in [-0.4, -0.2) is 16.4 Å². The van der Waals surface area contributed by atoms with Crippen LogP contribution in [-0.2, 0) is 5.41 Å². The molecule has 0 N–H and O–H groups in total. The lowest BCUT2D eigenvalue weighted by molar-refractivity contribution is 0.0893. The first-order valence-electron chi connectivity index (χ1n) is 19.7. The van der Waals surface area contributed by atoms with E-state index in [9.17, 15) is 0 Å². The quantitative estimate of drug-likeness (QED) is 0.166. The van der Waals surface area contributed by atoms with Crippen molar-refractivity contribution in [1.29, 1.82) is 0 Å². The Morgan fingerprint density at radius 1 is 0.482 bits per heavy atom. The molecule has 1 aromatic heterocycles. The zero-order valence-electron chi connectivity index (χ0n) is 32.6. The average molecular weight is 730 g/mol. The number of para-hydroxylation sites is 5. The summed E-state index contributed by atoms with van der Waals surface area (Å²) in [4.78, 5) is 34.3. The molecule has 3 heterocycles. The summed E-state index contributed by atoms with van der Waals surface area (Å²) < 4.78 is 2.30. The molecule has 0 atom stereocenters. The minimum absolute atomic E-state index is 0.0967. The van der Waals surface area contributed by atoms with Gasteiger partial charge in [-0.3, -0.25) is 9.59 Å². The van der Waals surface area contributed by atoms with Crippen molar-refractivity contribution in [2.75, 3.05) is 9.80 Å². The molecule has 2 aliphatic heterocycles. The molecular formula is C51H43N3O2. The maximum absolute atomic E-state index is 15.5. The standard InChI is InChI=1S/C51H43N3O2/c1-30(2)33-18-15-19-34(31(3)4)48(33)54-49(55)37-26-27-44(53-42-22-11-7-16-35(42)36-17-8-12-23-43(36)53)38-28-32(29-39(47(37)38)50(54)56)52-45-24-13-9-20-40(45)51(5,6)41-21-10-14-25-46(41)52/h7-31H,1-6H3. The minimum atomic E-state index is -0.303. The van der Waals surface area contributed by atoms with Gasteiger partial charge in [0.15, 0.2) is 0 Å². The van der Waals surface area contributed by atoms with Gasteiger partial charge in [-0.15, -0.1) is 0 Å². The van der Waals surface area contributed by atoms with Crippen molar-refractivity contribution in [3.63, 3.8) is 0 Å². The van der Waals surface area contributed by atoms with Crippen molar-refractivity contribution >= 4 is 67.1 Å². The van der Waals surface area contributed by atoms with Crippen LogP contribution in [0.5, 0.6) is 0 Å². The number of nitrogens with zero attached hydrogens (tertiary/aromatic N) is 3. The monoisotopic (exact) mass is 729 g/mol. The maximum Gasteiger partial charge on any atom is 0.266 e. The molecule has 7 aromatic carbocycles. The first-order valence-corrected chi connectivity index (χ1v) is 19.7. The normalized spacial score (nSPS) is 14.7. The molecule has 0 radical (unpaired) electrons. The van der Waals surface area contributed by atoms with Gasteiger partial charge in [-0.05, 0) is 82.6 Å².